The molecule has 0 unspecified atom stereocenters. The van der Waals surface area contributed by atoms with Crippen molar-refractivity contribution in [3.8, 4) is 5.75 Å². The van der Waals surface area contributed by atoms with Crippen molar-refractivity contribution in [1.82, 2.24) is 14.9 Å². The predicted octanol–water partition coefficient (Wildman–Crippen LogP) is 3.95. The van der Waals surface area contributed by atoms with E-state index in [1.807, 2.05) is 31.2 Å². The van der Waals surface area contributed by atoms with E-state index in [1.165, 1.54) is 12.1 Å². The highest BCUT2D eigenvalue weighted by Gasteiger charge is 2.06. The van der Waals surface area contributed by atoms with Gasteiger partial charge in [-0.3, -0.25) is 5.10 Å². The average Bonchev–Trinajstić information content (AvgIpc) is 2.95. The molecule has 0 saturated carbocycles. The first-order valence-electron chi connectivity index (χ1n) is 7.83. The van der Waals surface area contributed by atoms with Gasteiger partial charge >= 0.3 is 0 Å². The number of nitrogens with zero attached hydrogens (tertiary/aromatic N) is 3. The maximum absolute atomic E-state index is 13.0. The Bertz CT molecular complexity index is 931. The second-order valence-corrected chi connectivity index (χ2v) is 5.70. The van der Waals surface area contributed by atoms with Gasteiger partial charge < -0.3 is 4.74 Å². The van der Waals surface area contributed by atoms with Crippen LogP contribution in [0.25, 0.3) is 0 Å². The SMILES string of the molecule is CCOc1cccc(/C=N\n2c(Cc3ccc(F)cc3)n[nH]c2=S)c1. The molecular weight excluding hydrogens is 339 g/mol. The molecule has 1 N–H and O–H groups in total. The van der Waals surface area contributed by atoms with Crippen LogP contribution in [-0.2, 0) is 6.42 Å². The standard InChI is InChI=1S/C18H17FN4OS/c1-2-24-16-5-3-4-14(10-16)12-20-23-17(21-22-18(23)25)11-13-6-8-15(19)9-7-13/h3-10,12H,2,11H2,1H3,(H,22,25)/b20-12-. The Morgan fingerprint density at radius 2 is 2.08 bits per heavy atom. The van der Waals surface area contributed by atoms with Crippen molar-refractivity contribution in [3.63, 3.8) is 0 Å². The summed E-state index contributed by atoms with van der Waals surface area (Å²) in [7, 11) is 0. The largest absolute Gasteiger partial charge is 0.494 e. The van der Waals surface area contributed by atoms with Crippen molar-refractivity contribution < 1.29 is 9.13 Å². The number of halogens is 1. The van der Waals surface area contributed by atoms with Gasteiger partial charge in [0, 0.05) is 6.42 Å². The number of benzene rings is 2. The van der Waals surface area contributed by atoms with E-state index in [0.29, 0.717) is 23.6 Å². The van der Waals surface area contributed by atoms with Crippen LogP contribution in [-0.4, -0.2) is 27.7 Å². The summed E-state index contributed by atoms with van der Waals surface area (Å²) in [5, 5.41) is 11.4. The number of ether oxygens (including phenoxy) is 1. The van der Waals surface area contributed by atoms with E-state index in [9.17, 15) is 4.39 Å². The van der Waals surface area contributed by atoms with Crippen LogP contribution in [0.15, 0.2) is 53.6 Å². The molecule has 0 aliphatic carbocycles. The van der Waals surface area contributed by atoms with Gasteiger partial charge in [0.1, 0.15) is 11.6 Å². The van der Waals surface area contributed by atoms with Gasteiger partial charge in [-0.1, -0.05) is 24.3 Å². The van der Waals surface area contributed by atoms with Crippen LogP contribution < -0.4 is 4.74 Å². The molecule has 3 aromatic rings. The summed E-state index contributed by atoms with van der Waals surface area (Å²) in [6, 6.07) is 13.9. The van der Waals surface area contributed by atoms with Gasteiger partial charge in [0.05, 0.1) is 12.8 Å². The Labute approximate surface area is 149 Å². The molecule has 1 heterocycles. The summed E-state index contributed by atoms with van der Waals surface area (Å²) in [5.74, 6) is 1.16. The number of nitrogens with one attached hydrogen (secondary N) is 1. The predicted molar refractivity (Wildman–Crippen MR) is 97.2 cm³/mol. The molecule has 5 nitrogen and oxygen atoms in total. The van der Waals surface area contributed by atoms with Gasteiger partial charge in [-0.2, -0.15) is 14.9 Å². The van der Waals surface area contributed by atoms with E-state index in [2.05, 4.69) is 15.3 Å². The summed E-state index contributed by atoms with van der Waals surface area (Å²) in [6.07, 6.45) is 2.19. The Morgan fingerprint density at radius 1 is 1.28 bits per heavy atom. The van der Waals surface area contributed by atoms with Crippen LogP contribution in [0.3, 0.4) is 0 Å². The van der Waals surface area contributed by atoms with Crippen molar-refractivity contribution in [2.75, 3.05) is 6.61 Å². The molecule has 7 heteroatoms. The van der Waals surface area contributed by atoms with Crippen molar-refractivity contribution in [2.24, 2.45) is 5.10 Å². The summed E-state index contributed by atoms with van der Waals surface area (Å²) < 4.78 is 20.5. The lowest BCUT2D eigenvalue weighted by Crippen LogP contribution is -2.00. The lowest BCUT2D eigenvalue weighted by atomic mass is 10.1. The van der Waals surface area contributed by atoms with Gasteiger partial charge in [-0.15, -0.1) is 0 Å². The van der Waals surface area contributed by atoms with E-state index in [4.69, 9.17) is 17.0 Å². The van der Waals surface area contributed by atoms with E-state index in [1.54, 1.807) is 23.0 Å². The van der Waals surface area contributed by atoms with E-state index < -0.39 is 0 Å². The summed E-state index contributed by atoms with van der Waals surface area (Å²) >= 11 is 5.24. The van der Waals surface area contributed by atoms with Gasteiger partial charge in [0.25, 0.3) is 0 Å². The number of aromatic nitrogens is 3. The third-order valence-corrected chi connectivity index (χ3v) is 3.75. The van der Waals surface area contributed by atoms with Crippen LogP contribution in [0.1, 0.15) is 23.9 Å². The quantitative estimate of drug-likeness (QED) is 0.537. The molecule has 2 aromatic carbocycles. The molecule has 3 rings (SSSR count). The maximum Gasteiger partial charge on any atom is 0.216 e. The number of hydrogen-bond acceptors (Lipinski definition) is 4. The minimum Gasteiger partial charge on any atom is -0.494 e. The molecule has 0 aliphatic rings. The second-order valence-electron chi connectivity index (χ2n) is 5.31. The van der Waals surface area contributed by atoms with Crippen LogP contribution in [0.4, 0.5) is 4.39 Å². The van der Waals surface area contributed by atoms with Crippen molar-refractivity contribution in [2.45, 2.75) is 13.3 Å². The highest BCUT2D eigenvalue weighted by molar-refractivity contribution is 7.71. The van der Waals surface area contributed by atoms with E-state index in [0.717, 1.165) is 16.9 Å². The normalized spacial score (nSPS) is 11.1. The summed E-state index contributed by atoms with van der Waals surface area (Å²) in [4.78, 5) is 0. The molecule has 0 aliphatic heterocycles. The van der Waals surface area contributed by atoms with Crippen LogP contribution >= 0.6 is 12.2 Å². The first-order chi connectivity index (χ1) is 12.2. The second kappa shape index (κ2) is 7.85. The molecule has 0 fully saturated rings. The van der Waals surface area contributed by atoms with Gasteiger partial charge in [0.15, 0.2) is 5.82 Å². The fourth-order valence-corrected chi connectivity index (χ4v) is 2.52. The Kier molecular flexibility index (Phi) is 5.35. The molecule has 1 aromatic heterocycles. The van der Waals surface area contributed by atoms with E-state index >= 15 is 0 Å². The number of rotatable bonds is 6. The number of hydrogen-bond donors (Lipinski definition) is 1. The van der Waals surface area contributed by atoms with Gasteiger partial charge in [0.2, 0.25) is 4.77 Å². The molecular formula is C18H17FN4OS. The monoisotopic (exact) mass is 356 g/mol. The summed E-state index contributed by atoms with van der Waals surface area (Å²) in [5.41, 5.74) is 1.81. The molecule has 0 amide bonds. The Morgan fingerprint density at radius 3 is 2.84 bits per heavy atom. The lowest BCUT2D eigenvalue weighted by molar-refractivity contribution is 0.340. The highest BCUT2D eigenvalue weighted by Crippen LogP contribution is 2.13. The van der Waals surface area contributed by atoms with Gasteiger partial charge in [-0.05, 0) is 54.5 Å². The lowest BCUT2D eigenvalue weighted by Gasteiger charge is -2.04. The minimum atomic E-state index is -0.269. The summed E-state index contributed by atoms with van der Waals surface area (Å²) in [6.45, 7) is 2.54. The number of aromatic amines is 1. The van der Waals surface area contributed by atoms with E-state index in [-0.39, 0.29) is 5.82 Å². The average molecular weight is 356 g/mol. The maximum atomic E-state index is 13.0. The highest BCUT2D eigenvalue weighted by atomic mass is 32.1. The van der Waals surface area contributed by atoms with Crippen LogP contribution in [0.5, 0.6) is 5.75 Å². The third-order valence-electron chi connectivity index (χ3n) is 3.48. The minimum absolute atomic E-state index is 0.269. The first-order valence-corrected chi connectivity index (χ1v) is 8.24. The third kappa shape index (κ3) is 4.39. The Hall–Kier alpha value is -2.80. The molecule has 0 atom stereocenters. The topological polar surface area (TPSA) is 55.2 Å². The molecule has 0 radical (unpaired) electrons. The fourth-order valence-electron chi connectivity index (χ4n) is 2.32. The zero-order chi connectivity index (χ0) is 17.6. The number of H-pyrrole nitrogens is 1. The van der Waals surface area contributed by atoms with Crippen molar-refractivity contribution >= 4 is 18.4 Å². The smallest absolute Gasteiger partial charge is 0.216 e. The fraction of sp³-hybridized carbons (Fsp3) is 0.167. The van der Waals surface area contributed by atoms with Crippen LogP contribution in [0, 0.1) is 10.6 Å². The molecule has 0 bridgehead atoms. The molecule has 0 saturated heterocycles. The molecule has 0 spiro atoms. The van der Waals surface area contributed by atoms with Gasteiger partial charge in [-0.25, -0.2) is 4.39 Å². The van der Waals surface area contributed by atoms with Crippen molar-refractivity contribution in [1.29, 1.82) is 0 Å². The molecule has 25 heavy (non-hydrogen) atoms. The van der Waals surface area contributed by atoms with Crippen LogP contribution in [0.2, 0.25) is 0 Å². The molecule has 128 valence electrons. The Balaban J connectivity index is 1.83. The zero-order valence-corrected chi connectivity index (χ0v) is 14.5. The first kappa shape index (κ1) is 17.0. The van der Waals surface area contributed by atoms with Crippen molar-refractivity contribution in [3.05, 3.63) is 76.1 Å². The zero-order valence-electron chi connectivity index (χ0n) is 13.6.